The molecule has 41 heavy (non-hydrogen) atoms. The first-order chi connectivity index (χ1) is 19.9. The number of nitrogens with one attached hydrogen (secondary N) is 1. The van der Waals surface area contributed by atoms with E-state index in [1.165, 1.54) is 24.3 Å². The van der Waals surface area contributed by atoms with Gasteiger partial charge in [0.15, 0.2) is 18.4 Å². The molecule has 2 heterocycles. The van der Waals surface area contributed by atoms with Crippen molar-refractivity contribution in [3.05, 3.63) is 125 Å². The second-order valence-corrected chi connectivity index (χ2v) is 8.95. The summed E-state index contributed by atoms with van der Waals surface area (Å²) in [6.07, 6.45) is -3.09. The number of carbonyl (C=O) groups excluding carboxylic acids is 4. The van der Waals surface area contributed by atoms with E-state index in [2.05, 4.69) is 0 Å². The number of urea groups is 1. The van der Waals surface area contributed by atoms with Gasteiger partial charge < -0.3 is 29.3 Å². The maximum absolute atomic E-state index is 13.1. The Hall–Kier alpha value is -5.20. The Labute approximate surface area is 234 Å². The first-order valence-corrected chi connectivity index (χ1v) is 12.5. The van der Waals surface area contributed by atoms with Crippen molar-refractivity contribution in [3.8, 4) is 0 Å². The Bertz CT molecular complexity index is 1420. The van der Waals surface area contributed by atoms with Gasteiger partial charge in [-0.2, -0.15) is 0 Å². The van der Waals surface area contributed by atoms with Crippen LogP contribution in [0.3, 0.4) is 0 Å². The van der Waals surface area contributed by atoms with E-state index in [4.69, 9.17) is 18.9 Å². The van der Waals surface area contributed by atoms with Gasteiger partial charge in [-0.15, -0.1) is 0 Å². The minimum absolute atomic E-state index is 0.185. The topological polar surface area (TPSA) is 147 Å². The Morgan fingerprint density at radius 1 is 0.732 bits per heavy atom. The average molecular weight is 559 g/mol. The Morgan fingerprint density at radius 3 is 1.73 bits per heavy atom. The molecule has 2 aliphatic heterocycles. The van der Waals surface area contributed by atoms with E-state index < -0.39 is 55.1 Å². The molecule has 0 unspecified atom stereocenters. The van der Waals surface area contributed by atoms with Gasteiger partial charge >= 0.3 is 23.9 Å². The maximum Gasteiger partial charge on any atom is 0.341 e. The number of hydroxylamine groups is 1. The van der Waals surface area contributed by atoms with Crippen molar-refractivity contribution in [1.82, 2.24) is 15.5 Å². The van der Waals surface area contributed by atoms with Crippen LogP contribution in [0.4, 0.5) is 4.79 Å². The van der Waals surface area contributed by atoms with Crippen LogP contribution in [-0.2, 0) is 18.9 Å². The maximum atomic E-state index is 13.1. The molecule has 5 rings (SSSR count). The molecule has 1 saturated heterocycles. The molecule has 3 aromatic rings. The first-order valence-electron chi connectivity index (χ1n) is 12.5. The second kappa shape index (κ2) is 12.3. The predicted molar refractivity (Wildman–Crippen MR) is 141 cm³/mol. The summed E-state index contributed by atoms with van der Waals surface area (Å²) in [5, 5.41) is 11.8. The number of benzene rings is 3. The van der Waals surface area contributed by atoms with E-state index >= 15 is 0 Å². The highest BCUT2D eigenvalue weighted by atomic mass is 16.7. The van der Waals surface area contributed by atoms with Crippen LogP contribution in [-0.4, -0.2) is 65.2 Å². The molecule has 1 N–H and O–H groups in total. The van der Waals surface area contributed by atoms with E-state index in [1.807, 2.05) is 5.43 Å². The monoisotopic (exact) mass is 558 g/mol. The number of hydrogen-bond donors (Lipinski definition) is 1. The molecule has 4 atom stereocenters. The standard InChI is InChI=1S/C29H24N3O9/c33-26(19-10-4-1-5-11-19)38-18-22-23(40-27(34)20-12-6-2-7-13-20)24(41-28(35)21-14-8-3-9-15-21)25(39-22)31-16-17-32(37)30-29(31)36/h1-17,22-25H,18H2,(H,30,36)/q-1/t22-,23+,24+,25-/m1/s1. The van der Waals surface area contributed by atoms with E-state index in [0.29, 0.717) is 0 Å². The lowest BCUT2D eigenvalue weighted by molar-refractivity contribution is -0.0751. The lowest BCUT2D eigenvalue weighted by atomic mass is 10.1. The van der Waals surface area contributed by atoms with E-state index in [9.17, 15) is 24.4 Å². The number of carbonyl (C=O) groups is 4. The molecule has 2 amide bonds. The number of ether oxygens (including phenoxy) is 4. The fraction of sp³-hybridized carbons (Fsp3) is 0.172. The molecule has 0 spiro atoms. The third-order valence-corrected chi connectivity index (χ3v) is 6.26. The second-order valence-electron chi connectivity index (χ2n) is 8.95. The van der Waals surface area contributed by atoms with Crippen molar-refractivity contribution in [2.75, 3.05) is 6.61 Å². The van der Waals surface area contributed by atoms with Gasteiger partial charge in [-0.05, 0) is 36.4 Å². The Morgan fingerprint density at radius 2 is 1.22 bits per heavy atom. The molecular formula is C29H24N3O9-. The van der Waals surface area contributed by atoms with Crippen LogP contribution in [0.25, 0.3) is 0 Å². The highest BCUT2D eigenvalue weighted by Gasteiger charge is 2.53. The van der Waals surface area contributed by atoms with Crippen LogP contribution >= 0.6 is 0 Å². The summed E-state index contributed by atoms with van der Waals surface area (Å²) in [5.74, 6) is -2.20. The van der Waals surface area contributed by atoms with Gasteiger partial charge in [0, 0.05) is 12.4 Å². The molecule has 1 fully saturated rings. The Balaban J connectivity index is 1.46. The molecular weight excluding hydrogens is 534 g/mol. The van der Waals surface area contributed by atoms with Gasteiger partial charge in [0.2, 0.25) is 0 Å². The van der Waals surface area contributed by atoms with Crippen LogP contribution in [0, 0.1) is 5.21 Å². The van der Waals surface area contributed by atoms with Gasteiger partial charge in [0.05, 0.1) is 16.7 Å². The number of hydrogen-bond acceptors (Lipinski definition) is 10. The summed E-state index contributed by atoms with van der Waals surface area (Å²) < 4.78 is 23.1. The molecule has 0 saturated carbocycles. The predicted octanol–water partition coefficient (Wildman–Crippen LogP) is 3.23. The van der Waals surface area contributed by atoms with E-state index in [-0.39, 0.29) is 21.9 Å². The molecule has 12 heteroatoms. The fourth-order valence-corrected chi connectivity index (χ4v) is 4.27. The molecule has 0 radical (unpaired) electrons. The van der Waals surface area contributed by atoms with Crippen molar-refractivity contribution in [2.45, 2.75) is 24.5 Å². The lowest BCUT2D eigenvalue weighted by Gasteiger charge is -2.37. The van der Waals surface area contributed by atoms with Gasteiger partial charge in [-0.1, -0.05) is 54.6 Å². The number of amides is 2. The largest absolute Gasteiger partial charge is 0.739 e. The molecule has 12 nitrogen and oxygen atoms in total. The Kier molecular flexibility index (Phi) is 8.23. The van der Waals surface area contributed by atoms with Gasteiger partial charge in [-0.25, -0.2) is 19.2 Å². The number of nitrogens with zero attached hydrogens (tertiary/aromatic N) is 2. The molecule has 0 aliphatic carbocycles. The quantitative estimate of drug-likeness (QED) is 0.323. The normalized spacial score (nSPS) is 21.6. The van der Waals surface area contributed by atoms with E-state index in [1.54, 1.807) is 66.7 Å². The van der Waals surface area contributed by atoms with Crippen molar-refractivity contribution in [3.63, 3.8) is 0 Å². The van der Waals surface area contributed by atoms with E-state index in [0.717, 1.165) is 17.3 Å². The SMILES string of the molecule is O=C(OC[C@H]1O[C@@H](N2C=CN([O-])NC2=O)[C@@H](OC(=O)c2ccccc2)[C@H]1OC(=O)c1ccccc1)c1ccccc1. The zero-order chi connectivity index (χ0) is 28.8. The van der Waals surface area contributed by atoms with Crippen LogP contribution in [0.2, 0.25) is 0 Å². The first kappa shape index (κ1) is 27.4. The van der Waals surface area contributed by atoms with Crippen molar-refractivity contribution < 1.29 is 38.1 Å². The summed E-state index contributed by atoms with van der Waals surface area (Å²) in [6, 6.07) is 23.5. The van der Waals surface area contributed by atoms with Crippen LogP contribution < -0.4 is 5.43 Å². The van der Waals surface area contributed by atoms with Crippen LogP contribution in [0.1, 0.15) is 31.1 Å². The summed E-state index contributed by atoms with van der Waals surface area (Å²) in [5.41, 5.74) is 2.73. The van der Waals surface area contributed by atoms with Gasteiger partial charge in [0.25, 0.3) is 0 Å². The lowest BCUT2D eigenvalue weighted by Crippen LogP contribution is -2.54. The average Bonchev–Trinajstić information content (AvgIpc) is 3.33. The molecule has 3 aromatic carbocycles. The van der Waals surface area contributed by atoms with Gasteiger partial charge in [-0.3, -0.25) is 10.3 Å². The minimum Gasteiger partial charge on any atom is -0.739 e. The summed E-state index contributed by atoms with van der Waals surface area (Å²) in [7, 11) is 0. The highest BCUT2D eigenvalue weighted by molar-refractivity contribution is 5.91. The number of esters is 3. The van der Waals surface area contributed by atoms with Crippen LogP contribution in [0.5, 0.6) is 0 Å². The molecule has 0 aromatic heterocycles. The van der Waals surface area contributed by atoms with Gasteiger partial charge in [0.1, 0.15) is 12.7 Å². The van der Waals surface area contributed by atoms with Crippen molar-refractivity contribution in [1.29, 1.82) is 0 Å². The molecule has 210 valence electrons. The fourth-order valence-electron chi connectivity index (χ4n) is 4.27. The van der Waals surface area contributed by atoms with Crippen molar-refractivity contribution in [2.24, 2.45) is 0 Å². The number of rotatable bonds is 8. The summed E-state index contributed by atoms with van der Waals surface area (Å²) in [4.78, 5) is 52.6. The summed E-state index contributed by atoms with van der Waals surface area (Å²) in [6.45, 7) is -0.413. The third-order valence-electron chi connectivity index (χ3n) is 6.26. The zero-order valence-electron chi connectivity index (χ0n) is 21.4. The zero-order valence-corrected chi connectivity index (χ0v) is 21.4. The minimum atomic E-state index is -1.38. The summed E-state index contributed by atoms with van der Waals surface area (Å²) >= 11 is 0. The molecule has 2 aliphatic rings. The number of hydrazine groups is 1. The molecule has 0 bridgehead atoms. The highest BCUT2D eigenvalue weighted by Crippen LogP contribution is 2.32. The smallest absolute Gasteiger partial charge is 0.341 e. The van der Waals surface area contributed by atoms with Crippen molar-refractivity contribution >= 4 is 23.9 Å². The third kappa shape index (κ3) is 6.35. The van der Waals surface area contributed by atoms with Crippen LogP contribution in [0.15, 0.2) is 103 Å².